The van der Waals surface area contributed by atoms with E-state index in [9.17, 15) is 24.6 Å². The van der Waals surface area contributed by atoms with Crippen LogP contribution in [-0.4, -0.2) is 65.4 Å². The lowest BCUT2D eigenvalue weighted by molar-refractivity contribution is -0.295. The summed E-state index contributed by atoms with van der Waals surface area (Å²) < 4.78 is 19.8. The first-order chi connectivity index (χ1) is 9.76. The van der Waals surface area contributed by atoms with Crippen LogP contribution in [0.1, 0.15) is 20.8 Å². The molecule has 0 unspecified atom stereocenters. The van der Waals surface area contributed by atoms with Crippen LogP contribution in [0.5, 0.6) is 0 Å². The summed E-state index contributed by atoms with van der Waals surface area (Å²) in [5.74, 6) is -2.19. The van der Waals surface area contributed by atoms with E-state index < -0.39 is 55.2 Å². The van der Waals surface area contributed by atoms with Crippen molar-refractivity contribution in [1.82, 2.24) is 0 Å². The second-order valence-electron chi connectivity index (χ2n) is 4.47. The Balaban J connectivity index is 3.08. The summed E-state index contributed by atoms with van der Waals surface area (Å²) in [6, 6.07) is 0. The highest BCUT2D eigenvalue weighted by Gasteiger charge is 2.51. The van der Waals surface area contributed by atoms with Crippen molar-refractivity contribution in [1.29, 1.82) is 0 Å². The van der Waals surface area contributed by atoms with Gasteiger partial charge in [0.2, 0.25) is 0 Å². The highest BCUT2D eigenvalue weighted by molar-refractivity contribution is 5.68. The van der Waals surface area contributed by atoms with Gasteiger partial charge in [-0.3, -0.25) is 14.4 Å². The smallest absolute Gasteiger partial charge is 0.303 e. The van der Waals surface area contributed by atoms with Crippen LogP contribution in [0.2, 0.25) is 0 Å². The highest BCUT2D eigenvalue weighted by atomic mass is 16.7. The van der Waals surface area contributed by atoms with Crippen LogP contribution in [0.15, 0.2) is 0 Å². The van der Waals surface area contributed by atoms with Crippen molar-refractivity contribution in [2.75, 3.05) is 6.61 Å². The minimum Gasteiger partial charge on any atom is -0.456 e. The summed E-state index contributed by atoms with van der Waals surface area (Å²) in [6.07, 6.45) is -6.65. The van der Waals surface area contributed by atoms with E-state index >= 15 is 0 Å². The topological polar surface area (TPSA) is 129 Å². The Labute approximate surface area is 120 Å². The quantitative estimate of drug-likeness (QED) is 0.470. The molecular weight excluding hydrogens is 288 g/mol. The second kappa shape index (κ2) is 7.34. The van der Waals surface area contributed by atoms with Crippen molar-refractivity contribution in [3.05, 3.63) is 0 Å². The molecule has 21 heavy (non-hydrogen) atoms. The largest absolute Gasteiger partial charge is 0.456 e. The van der Waals surface area contributed by atoms with Crippen LogP contribution in [0.4, 0.5) is 0 Å². The highest BCUT2D eigenvalue weighted by Crippen LogP contribution is 2.27. The molecule has 1 fully saturated rings. The Bertz CT molecular complexity index is 408. The molecule has 0 aromatic rings. The van der Waals surface area contributed by atoms with E-state index in [0.29, 0.717) is 0 Å². The van der Waals surface area contributed by atoms with Gasteiger partial charge in [0.1, 0.15) is 6.10 Å². The molecule has 0 aliphatic carbocycles. The summed E-state index contributed by atoms with van der Waals surface area (Å²) in [5.41, 5.74) is 0. The summed E-state index contributed by atoms with van der Waals surface area (Å²) in [7, 11) is 0. The van der Waals surface area contributed by atoms with Crippen LogP contribution in [0, 0.1) is 0 Å². The molecule has 1 aliphatic rings. The van der Waals surface area contributed by atoms with E-state index in [0.717, 1.165) is 20.8 Å². The van der Waals surface area contributed by atoms with Gasteiger partial charge in [-0.15, -0.1) is 0 Å². The fourth-order valence-electron chi connectivity index (χ4n) is 2.02. The maximum absolute atomic E-state index is 11.2. The van der Waals surface area contributed by atoms with E-state index in [-0.39, 0.29) is 0 Å². The molecule has 1 saturated heterocycles. The molecule has 0 bridgehead atoms. The lowest BCUT2D eigenvalue weighted by Crippen LogP contribution is -2.62. The molecule has 1 rings (SSSR count). The standard InChI is InChI=1S/C12H18O9/c1-5(14)18-9-8(4-13)21-12(17)11(20-7(3)16)10(9)19-6(2)15/h8-13,17H,4H2,1-3H3/t8-,9+,10+,11+,12-/m0/s1. The molecule has 0 amide bonds. The molecule has 9 nitrogen and oxygen atoms in total. The van der Waals surface area contributed by atoms with Gasteiger partial charge >= 0.3 is 17.9 Å². The molecule has 120 valence electrons. The first-order valence-electron chi connectivity index (χ1n) is 6.22. The molecule has 9 heteroatoms. The van der Waals surface area contributed by atoms with E-state index in [1.54, 1.807) is 0 Å². The molecule has 1 aliphatic heterocycles. The van der Waals surface area contributed by atoms with Gasteiger partial charge in [-0.25, -0.2) is 0 Å². The van der Waals surface area contributed by atoms with Crippen LogP contribution < -0.4 is 0 Å². The predicted octanol–water partition coefficient (Wildman–Crippen LogP) is -1.51. The van der Waals surface area contributed by atoms with Crippen molar-refractivity contribution in [3.8, 4) is 0 Å². The molecule has 1 heterocycles. The fourth-order valence-corrected chi connectivity index (χ4v) is 2.02. The maximum atomic E-state index is 11.2. The molecular formula is C12H18O9. The van der Waals surface area contributed by atoms with Crippen LogP contribution in [-0.2, 0) is 33.3 Å². The molecule has 0 aromatic heterocycles. The predicted molar refractivity (Wildman–Crippen MR) is 64.6 cm³/mol. The molecule has 2 N–H and O–H groups in total. The number of aliphatic hydroxyl groups excluding tert-OH is 2. The Morgan fingerprint density at radius 3 is 1.76 bits per heavy atom. The number of hydrogen-bond donors (Lipinski definition) is 2. The summed E-state index contributed by atoms with van der Waals surface area (Å²) in [4.78, 5) is 33.4. The Morgan fingerprint density at radius 2 is 1.33 bits per heavy atom. The van der Waals surface area contributed by atoms with Crippen LogP contribution >= 0.6 is 0 Å². The number of carbonyl (C=O) groups is 3. The van der Waals surface area contributed by atoms with E-state index in [1.807, 2.05) is 0 Å². The van der Waals surface area contributed by atoms with Crippen molar-refractivity contribution < 1.29 is 43.5 Å². The van der Waals surface area contributed by atoms with Crippen molar-refractivity contribution in [2.24, 2.45) is 0 Å². The minimum atomic E-state index is -1.64. The van der Waals surface area contributed by atoms with Gasteiger partial charge < -0.3 is 29.2 Å². The van der Waals surface area contributed by atoms with Gasteiger partial charge in [-0.05, 0) is 0 Å². The zero-order valence-electron chi connectivity index (χ0n) is 11.8. The van der Waals surface area contributed by atoms with Crippen molar-refractivity contribution in [2.45, 2.75) is 51.5 Å². The van der Waals surface area contributed by atoms with Gasteiger partial charge in [0.05, 0.1) is 6.61 Å². The lowest BCUT2D eigenvalue weighted by atomic mass is 9.98. The number of hydrogen-bond acceptors (Lipinski definition) is 9. The average molecular weight is 306 g/mol. The Morgan fingerprint density at radius 1 is 0.905 bits per heavy atom. The van der Waals surface area contributed by atoms with Crippen LogP contribution in [0.3, 0.4) is 0 Å². The third-order valence-electron chi connectivity index (χ3n) is 2.70. The summed E-state index contributed by atoms with van der Waals surface area (Å²) in [5, 5.41) is 19.0. The molecule has 0 aromatic carbocycles. The zero-order valence-corrected chi connectivity index (χ0v) is 11.8. The third-order valence-corrected chi connectivity index (χ3v) is 2.70. The zero-order chi connectivity index (χ0) is 16.2. The van der Waals surface area contributed by atoms with E-state index in [2.05, 4.69) is 0 Å². The summed E-state index contributed by atoms with van der Waals surface area (Å²) in [6.45, 7) is 2.71. The number of ether oxygens (including phenoxy) is 4. The molecule has 5 atom stereocenters. The van der Waals surface area contributed by atoms with E-state index in [4.69, 9.17) is 18.9 Å². The van der Waals surface area contributed by atoms with Gasteiger partial charge in [0.25, 0.3) is 0 Å². The number of esters is 3. The normalized spacial score (nSPS) is 32.1. The Hall–Kier alpha value is -1.71. The van der Waals surface area contributed by atoms with Gasteiger partial charge in [0.15, 0.2) is 24.6 Å². The van der Waals surface area contributed by atoms with Gasteiger partial charge in [-0.1, -0.05) is 0 Å². The van der Waals surface area contributed by atoms with E-state index in [1.165, 1.54) is 0 Å². The number of aliphatic hydroxyl groups is 2. The lowest BCUT2D eigenvalue weighted by Gasteiger charge is -2.42. The second-order valence-corrected chi connectivity index (χ2v) is 4.47. The number of carbonyl (C=O) groups excluding carboxylic acids is 3. The molecule has 0 spiro atoms. The average Bonchev–Trinajstić information content (AvgIpc) is 2.35. The first-order valence-corrected chi connectivity index (χ1v) is 6.22. The molecule has 0 saturated carbocycles. The minimum absolute atomic E-state index is 0.598. The monoisotopic (exact) mass is 306 g/mol. The summed E-state index contributed by atoms with van der Waals surface area (Å²) >= 11 is 0. The Kier molecular flexibility index (Phi) is 6.06. The SMILES string of the molecule is CC(=O)O[C@H]1[C@@H](OC(C)=O)[C@@H](O)O[C@@H](CO)[C@H]1OC(C)=O. The van der Waals surface area contributed by atoms with Crippen LogP contribution in [0.25, 0.3) is 0 Å². The number of rotatable bonds is 4. The van der Waals surface area contributed by atoms with Gasteiger partial charge in [0, 0.05) is 20.8 Å². The van der Waals surface area contributed by atoms with Crippen molar-refractivity contribution in [3.63, 3.8) is 0 Å². The van der Waals surface area contributed by atoms with Gasteiger partial charge in [-0.2, -0.15) is 0 Å². The third kappa shape index (κ3) is 4.66. The fraction of sp³-hybridized carbons (Fsp3) is 0.750. The first kappa shape index (κ1) is 17.3. The van der Waals surface area contributed by atoms with Crippen molar-refractivity contribution >= 4 is 17.9 Å². The maximum Gasteiger partial charge on any atom is 0.303 e. The molecule has 0 radical (unpaired) electrons.